The number of benzene rings is 2. The van der Waals surface area contributed by atoms with Crippen molar-refractivity contribution in [2.75, 3.05) is 38.2 Å². The lowest BCUT2D eigenvalue weighted by Crippen LogP contribution is -2.58. The van der Waals surface area contributed by atoms with Crippen LogP contribution in [-0.2, 0) is 16.0 Å². The number of hydrogen-bond acceptors (Lipinski definition) is 6. The van der Waals surface area contributed by atoms with Crippen molar-refractivity contribution < 1.29 is 23.8 Å². The van der Waals surface area contributed by atoms with Gasteiger partial charge in [-0.25, -0.2) is 4.79 Å². The molecule has 206 valence electrons. The molecule has 38 heavy (non-hydrogen) atoms. The molecule has 0 spiro atoms. The van der Waals surface area contributed by atoms with E-state index in [1.807, 2.05) is 29.2 Å². The minimum absolute atomic E-state index is 0.0552. The van der Waals surface area contributed by atoms with Crippen molar-refractivity contribution in [3.63, 3.8) is 0 Å². The molecule has 8 heteroatoms. The Bertz CT molecular complexity index is 1080. The third-order valence-electron chi connectivity index (χ3n) is 7.01. The molecular weight excluding hydrogens is 482 g/mol. The monoisotopic (exact) mass is 523 g/mol. The summed E-state index contributed by atoms with van der Waals surface area (Å²) >= 11 is 0. The van der Waals surface area contributed by atoms with E-state index in [4.69, 9.17) is 14.2 Å². The van der Waals surface area contributed by atoms with Gasteiger partial charge in [0.05, 0.1) is 19.3 Å². The highest BCUT2D eigenvalue weighted by Gasteiger charge is 2.32. The molecule has 1 saturated carbocycles. The van der Waals surface area contributed by atoms with Gasteiger partial charge >= 0.3 is 6.09 Å². The van der Waals surface area contributed by atoms with Gasteiger partial charge in [-0.3, -0.25) is 4.79 Å². The smallest absolute Gasteiger partial charge is 0.408 e. The van der Waals surface area contributed by atoms with Crippen LogP contribution in [0.4, 0.5) is 10.5 Å². The summed E-state index contributed by atoms with van der Waals surface area (Å²) in [4.78, 5) is 29.6. The maximum atomic E-state index is 13.2. The molecule has 0 bridgehead atoms. The average Bonchev–Trinajstić information content (AvgIpc) is 3.40. The fourth-order valence-electron chi connectivity index (χ4n) is 5.18. The summed E-state index contributed by atoms with van der Waals surface area (Å²) in [5.41, 5.74) is 1.60. The van der Waals surface area contributed by atoms with Crippen LogP contribution in [0.3, 0.4) is 0 Å². The minimum atomic E-state index is -0.618. The van der Waals surface area contributed by atoms with Crippen LogP contribution in [0.5, 0.6) is 11.5 Å². The minimum Gasteiger partial charge on any atom is -0.493 e. The highest BCUT2D eigenvalue weighted by Crippen LogP contribution is 2.35. The number of hydrogen-bond donors (Lipinski definition) is 1. The zero-order chi connectivity index (χ0) is 27.1. The quantitative estimate of drug-likeness (QED) is 0.535. The fourth-order valence-corrected chi connectivity index (χ4v) is 5.18. The summed E-state index contributed by atoms with van der Waals surface area (Å²) < 4.78 is 17.2. The molecule has 0 radical (unpaired) electrons. The summed E-state index contributed by atoms with van der Waals surface area (Å²) in [6.45, 7) is 7.20. The van der Waals surface area contributed by atoms with Crippen molar-refractivity contribution in [3.05, 3.63) is 54.1 Å². The number of nitrogens with one attached hydrogen (secondary N) is 1. The van der Waals surface area contributed by atoms with Gasteiger partial charge in [0.25, 0.3) is 0 Å². The average molecular weight is 524 g/mol. The van der Waals surface area contributed by atoms with Crippen molar-refractivity contribution in [1.82, 2.24) is 10.2 Å². The van der Waals surface area contributed by atoms with Gasteiger partial charge < -0.3 is 29.3 Å². The van der Waals surface area contributed by atoms with Gasteiger partial charge in [-0.05, 0) is 70.6 Å². The molecule has 2 aromatic rings. The number of alkyl carbamates (subject to hydrolysis) is 1. The van der Waals surface area contributed by atoms with E-state index in [9.17, 15) is 9.59 Å². The second-order valence-electron chi connectivity index (χ2n) is 11.1. The van der Waals surface area contributed by atoms with Gasteiger partial charge in [-0.1, -0.05) is 30.3 Å². The van der Waals surface area contributed by atoms with E-state index in [2.05, 4.69) is 34.5 Å². The molecule has 2 aliphatic rings. The third-order valence-corrected chi connectivity index (χ3v) is 7.01. The van der Waals surface area contributed by atoms with Crippen LogP contribution in [0.25, 0.3) is 0 Å². The lowest BCUT2D eigenvalue weighted by Gasteiger charge is -2.43. The number of methoxy groups -OCH3 is 1. The van der Waals surface area contributed by atoms with Crippen molar-refractivity contribution in [1.29, 1.82) is 0 Å². The maximum Gasteiger partial charge on any atom is 0.408 e. The zero-order valence-electron chi connectivity index (χ0n) is 23.1. The Hall–Kier alpha value is -3.42. The number of piperazine rings is 1. The lowest BCUT2D eigenvalue weighted by atomic mass is 10.0. The Morgan fingerprint density at radius 3 is 2.42 bits per heavy atom. The summed E-state index contributed by atoms with van der Waals surface area (Å²) in [5.74, 6) is 1.40. The van der Waals surface area contributed by atoms with E-state index in [1.165, 1.54) is 12.8 Å². The van der Waals surface area contributed by atoms with Crippen molar-refractivity contribution in [2.24, 2.45) is 0 Å². The molecule has 1 saturated heterocycles. The molecule has 1 atom stereocenters. The van der Waals surface area contributed by atoms with Crippen molar-refractivity contribution in [3.8, 4) is 11.5 Å². The number of rotatable bonds is 8. The van der Waals surface area contributed by atoms with E-state index < -0.39 is 11.7 Å². The van der Waals surface area contributed by atoms with Gasteiger partial charge in [0.1, 0.15) is 12.1 Å². The Labute approximate surface area is 226 Å². The molecule has 8 nitrogen and oxygen atoms in total. The Balaban J connectivity index is 1.48. The highest BCUT2D eigenvalue weighted by molar-refractivity contribution is 5.83. The first kappa shape index (κ1) is 27.6. The number of ether oxygens (including phenoxy) is 3. The standard InChI is InChI=1S/C30H41N3O5/c1-30(2,3)38-29(35)31-20-28(34)33-17-16-32(21-24(33)18-22-10-6-5-7-11-22)23-14-15-26(36-4)27(19-23)37-25-12-8-9-13-25/h5-7,10-11,14-15,19,24-25H,8-9,12-13,16-18,20-21H2,1-4H3,(H,31,35). The Kier molecular flexibility index (Phi) is 9.02. The third kappa shape index (κ3) is 7.55. The molecule has 1 heterocycles. The largest absolute Gasteiger partial charge is 0.493 e. The van der Waals surface area contributed by atoms with Gasteiger partial charge in [-0.15, -0.1) is 0 Å². The summed E-state index contributed by atoms with van der Waals surface area (Å²) in [7, 11) is 1.67. The van der Waals surface area contributed by atoms with Crippen LogP contribution >= 0.6 is 0 Å². The Morgan fingerprint density at radius 1 is 1.00 bits per heavy atom. The van der Waals surface area contributed by atoms with E-state index in [0.29, 0.717) is 19.6 Å². The van der Waals surface area contributed by atoms with Crippen LogP contribution in [-0.4, -0.2) is 67.9 Å². The van der Waals surface area contributed by atoms with Crippen LogP contribution < -0.4 is 19.7 Å². The van der Waals surface area contributed by atoms with E-state index in [0.717, 1.165) is 42.0 Å². The second-order valence-corrected chi connectivity index (χ2v) is 11.1. The number of carbonyl (C=O) groups is 2. The normalized spacial score (nSPS) is 18.3. The van der Waals surface area contributed by atoms with Crippen molar-refractivity contribution >= 4 is 17.7 Å². The number of nitrogens with zero attached hydrogens (tertiary/aromatic N) is 2. The van der Waals surface area contributed by atoms with Crippen LogP contribution in [0.15, 0.2) is 48.5 Å². The molecule has 2 fully saturated rings. The predicted molar refractivity (Wildman–Crippen MR) is 148 cm³/mol. The molecule has 2 amide bonds. The fraction of sp³-hybridized carbons (Fsp3) is 0.533. The maximum absolute atomic E-state index is 13.2. The molecule has 1 unspecified atom stereocenters. The van der Waals surface area contributed by atoms with E-state index >= 15 is 0 Å². The lowest BCUT2D eigenvalue weighted by molar-refractivity contribution is -0.133. The first-order valence-electron chi connectivity index (χ1n) is 13.6. The summed E-state index contributed by atoms with van der Waals surface area (Å²) in [6.07, 6.45) is 4.92. The zero-order valence-corrected chi connectivity index (χ0v) is 23.1. The summed E-state index contributed by atoms with van der Waals surface area (Å²) in [5, 5.41) is 2.62. The molecular formula is C30H41N3O5. The molecule has 2 aromatic carbocycles. The topological polar surface area (TPSA) is 80.3 Å². The van der Waals surface area contributed by atoms with Crippen LogP contribution in [0.1, 0.15) is 52.0 Å². The molecule has 4 rings (SSSR count). The van der Waals surface area contributed by atoms with Gasteiger partial charge in [0, 0.05) is 31.4 Å². The van der Waals surface area contributed by atoms with E-state index in [1.54, 1.807) is 27.9 Å². The number of amides is 2. The molecule has 1 aliphatic heterocycles. The Morgan fingerprint density at radius 2 is 1.74 bits per heavy atom. The highest BCUT2D eigenvalue weighted by atomic mass is 16.6. The number of anilines is 1. The van der Waals surface area contributed by atoms with Gasteiger partial charge in [0.15, 0.2) is 11.5 Å². The molecule has 1 N–H and O–H groups in total. The van der Waals surface area contributed by atoms with Gasteiger partial charge in [-0.2, -0.15) is 0 Å². The second kappa shape index (κ2) is 12.4. The van der Waals surface area contributed by atoms with Crippen molar-refractivity contribution in [2.45, 2.75) is 70.6 Å². The van der Waals surface area contributed by atoms with Crippen LogP contribution in [0.2, 0.25) is 0 Å². The predicted octanol–water partition coefficient (Wildman–Crippen LogP) is 4.80. The summed E-state index contributed by atoms with van der Waals surface area (Å²) in [6, 6.07) is 16.2. The number of carbonyl (C=O) groups excluding carboxylic acids is 2. The SMILES string of the molecule is COc1ccc(N2CCN(C(=O)CNC(=O)OC(C)(C)C)C(Cc3ccccc3)C2)cc1OC1CCCC1. The first-order chi connectivity index (χ1) is 18.2. The van der Waals surface area contributed by atoms with E-state index in [-0.39, 0.29) is 24.6 Å². The first-order valence-corrected chi connectivity index (χ1v) is 13.6. The van der Waals surface area contributed by atoms with Gasteiger partial charge in [0.2, 0.25) is 5.91 Å². The molecule has 1 aliphatic carbocycles. The van der Waals surface area contributed by atoms with Crippen LogP contribution in [0, 0.1) is 0 Å². The molecule has 0 aromatic heterocycles.